The summed E-state index contributed by atoms with van der Waals surface area (Å²) in [6, 6.07) is 15.5. The van der Waals surface area contributed by atoms with Gasteiger partial charge in [-0.2, -0.15) is 5.10 Å². The molecule has 0 bridgehead atoms. The average Bonchev–Trinajstić information content (AvgIpc) is 2.01. The van der Waals surface area contributed by atoms with Crippen LogP contribution in [0.1, 0.15) is 136 Å². The summed E-state index contributed by atoms with van der Waals surface area (Å²) in [5.41, 5.74) is 3.71. The summed E-state index contributed by atoms with van der Waals surface area (Å²) < 4.78 is 58.9. The van der Waals surface area contributed by atoms with Crippen LogP contribution in [0.2, 0.25) is 0 Å². The molecule has 7 N–H and O–H groups in total. The molecule has 84 heavy (non-hydrogen) atoms. The Morgan fingerprint density at radius 2 is 1.58 bits per heavy atom. The zero-order valence-corrected chi connectivity index (χ0v) is 49.2. The number of benzene rings is 2. The van der Waals surface area contributed by atoms with Crippen molar-refractivity contribution in [1.29, 1.82) is 0 Å². The monoisotopic (exact) mass is 1170 g/mol. The minimum absolute atomic E-state index is 0.0376. The van der Waals surface area contributed by atoms with E-state index >= 15 is 0 Å². The van der Waals surface area contributed by atoms with Gasteiger partial charge in [-0.1, -0.05) is 51.1 Å². The number of carbonyl (C=O) groups excluding carboxylic acids is 3. The van der Waals surface area contributed by atoms with Crippen LogP contribution < -0.4 is 36.6 Å². The third-order valence-corrected chi connectivity index (χ3v) is 16.5. The maximum Gasteiger partial charge on any atom is 0.284 e. The van der Waals surface area contributed by atoms with Gasteiger partial charge in [0.05, 0.1) is 63.5 Å². The molecule has 1 unspecified atom stereocenters. The fourth-order valence-electron chi connectivity index (χ4n) is 11.2. The summed E-state index contributed by atoms with van der Waals surface area (Å²) in [7, 11) is 1.76. The molecule has 3 aliphatic carbocycles. The number of hydrogen-bond donors (Lipinski definition) is 7. The van der Waals surface area contributed by atoms with Crippen LogP contribution in [-0.2, 0) is 43.2 Å². The topological polar surface area (TPSA) is 241 Å². The molecule has 5 aromatic rings. The fraction of sp³-hybridized carbons (Fsp3) is 0.581. The Bertz CT molecular complexity index is 2940. The zero-order chi connectivity index (χ0) is 59.2. The Morgan fingerprint density at radius 3 is 2.32 bits per heavy atom. The van der Waals surface area contributed by atoms with E-state index in [9.17, 15) is 28.3 Å². The lowest BCUT2D eigenvalue weighted by atomic mass is 9.83. The van der Waals surface area contributed by atoms with E-state index in [-0.39, 0.29) is 53.8 Å². The summed E-state index contributed by atoms with van der Waals surface area (Å²) >= 11 is 0. The maximum absolute atomic E-state index is 14.7. The van der Waals surface area contributed by atoms with Crippen molar-refractivity contribution in [2.45, 2.75) is 141 Å². The van der Waals surface area contributed by atoms with Gasteiger partial charge in [0.15, 0.2) is 11.4 Å². The lowest BCUT2D eigenvalue weighted by Gasteiger charge is -2.42. The van der Waals surface area contributed by atoms with Gasteiger partial charge in [0.2, 0.25) is 17.7 Å². The average molecular weight is 1170 g/mol. The van der Waals surface area contributed by atoms with E-state index in [0.29, 0.717) is 88.2 Å². The Hall–Kier alpha value is -6.40. The molecular formula is C62H85F2N11O9. The zero-order valence-electron chi connectivity index (χ0n) is 49.2. The van der Waals surface area contributed by atoms with Crippen LogP contribution in [0.4, 0.5) is 20.3 Å². The highest BCUT2D eigenvalue weighted by Crippen LogP contribution is 2.37. The molecule has 2 saturated carbocycles. The molecule has 22 heteroatoms. The van der Waals surface area contributed by atoms with Gasteiger partial charge in [-0.05, 0) is 142 Å². The minimum atomic E-state index is -2.88. The van der Waals surface area contributed by atoms with Crippen molar-refractivity contribution < 1.29 is 51.6 Å². The highest BCUT2D eigenvalue weighted by atomic mass is 19.3. The van der Waals surface area contributed by atoms with E-state index in [0.717, 1.165) is 74.7 Å². The second-order valence-electron chi connectivity index (χ2n) is 23.8. The minimum Gasteiger partial charge on any atom is -0.491 e. The van der Waals surface area contributed by atoms with Crippen molar-refractivity contribution in [3.63, 3.8) is 0 Å². The van der Waals surface area contributed by atoms with Gasteiger partial charge in [0.1, 0.15) is 36.7 Å². The van der Waals surface area contributed by atoms with Gasteiger partial charge in [-0.25, -0.2) is 18.7 Å². The van der Waals surface area contributed by atoms with Crippen molar-refractivity contribution in [2.75, 3.05) is 83.6 Å². The van der Waals surface area contributed by atoms with Crippen molar-refractivity contribution in [2.24, 2.45) is 17.3 Å². The Balaban J connectivity index is 0.641. The third-order valence-electron chi connectivity index (χ3n) is 16.5. The first-order chi connectivity index (χ1) is 40.6. The van der Waals surface area contributed by atoms with Crippen molar-refractivity contribution in [3.05, 3.63) is 107 Å². The van der Waals surface area contributed by atoms with Gasteiger partial charge in [-0.15, -0.1) is 0 Å². The second-order valence-corrected chi connectivity index (χ2v) is 23.8. The van der Waals surface area contributed by atoms with Crippen LogP contribution in [0.5, 0.6) is 5.75 Å². The number of pyridine rings is 1. The molecule has 0 radical (unpaired) electrons. The molecular weight excluding hydrogens is 1080 g/mol. The Labute approximate surface area is 491 Å². The van der Waals surface area contributed by atoms with Crippen molar-refractivity contribution in [3.8, 4) is 17.2 Å². The number of likely N-dealkylation sites (N-methyl/N-ethyl adjacent to an activating group) is 1. The number of rotatable bonds is 30. The molecule has 4 heterocycles. The molecule has 0 saturated heterocycles. The predicted octanol–water partition coefficient (Wildman–Crippen LogP) is 7.77. The number of ether oxygens (including phenoxy) is 4. The van der Waals surface area contributed by atoms with Crippen LogP contribution in [0.25, 0.3) is 11.5 Å². The molecule has 0 spiro atoms. The summed E-state index contributed by atoms with van der Waals surface area (Å²) in [6.45, 7) is 13.1. The number of aryl methyl sites for hydroxylation is 1. The first-order valence-electron chi connectivity index (χ1n) is 29.9. The molecule has 20 nitrogen and oxygen atoms in total. The molecule has 1 aliphatic heterocycles. The van der Waals surface area contributed by atoms with E-state index in [1.54, 1.807) is 35.0 Å². The number of amides is 3. The van der Waals surface area contributed by atoms with Gasteiger partial charge in [-0.3, -0.25) is 24.4 Å². The molecule has 3 amide bonds. The number of alkyl halides is 2. The fourth-order valence-corrected chi connectivity index (χ4v) is 11.2. The van der Waals surface area contributed by atoms with Crippen LogP contribution in [0.3, 0.4) is 0 Å². The van der Waals surface area contributed by atoms with Crippen LogP contribution >= 0.6 is 0 Å². The predicted molar refractivity (Wildman–Crippen MR) is 314 cm³/mol. The number of nitrogens with one attached hydrogen (secondary N) is 6. The lowest BCUT2D eigenvalue weighted by molar-refractivity contribution is -0.147. The molecule has 2 aromatic carbocycles. The second kappa shape index (κ2) is 29.6. The van der Waals surface area contributed by atoms with E-state index in [2.05, 4.69) is 59.1 Å². The quantitative estimate of drug-likeness (QED) is 0.0172. The van der Waals surface area contributed by atoms with Gasteiger partial charge in [0, 0.05) is 50.1 Å². The third kappa shape index (κ3) is 16.9. The summed E-state index contributed by atoms with van der Waals surface area (Å²) in [4.78, 5) is 52.6. The largest absolute Gasteiger partial charge is 0.491 e. The molecule has 2 fully saturated rings. The number of aliphatic hydroxyl groups excluding tert-OH is 1. The molecule has 9 rings (SSSR count). The van der Waals surface area contributed by atoms with E-state index < -0.39 is 41.8 Å². The van der Waals surface area contributed by atoms with E-state index in [4.69, 9.17) is 23.4 Å². The maximum atomic E-state index is 14.7. The number of halogens is 2. The molecule has 4 aliphatic rings. The SMILES string of the molecule is CN[C@@H](C)C(O)N[C@H](C(=O)N1Cc2cc(OCCOCCOCCOCCNC[C@H]3CC[C@H](n4cc(NC(=O)c5coc(-c6ccnc(NCC7CC7)c6)n5)c(C(F)F)n4)CC3)ccc2C[C@H]1C(=O)N[C@@H]1CCCc2ccccc21)C(C)(C)C. The smallest absolute Gasteiger partial charge is 0.284 e. The normalized spacial score (nSPS) is 19.9. The number of carbonyl (C=O) groups is 3. The Kier molecular flexibility index (Phi) is 21.9. The van der Waals surface area contributed by atoms with E-state index in [1.165, 1.54) is 30.9 Å². The Morgan fingerprint density at radius 1 is 0.857 bits per heavy atom. The highest BCUT2D eigenvalue weighted by molar-refractivity contribution is 6.03. The summed E-state index contributed by atoms with van der Waals surface area (Å²) in [6.07, 6.45) is 9.31. The number of nitrogens with zero attached hydrogens (tertiary/aromatic N) is 5. The van der Waals surface area contributed by atoms with Gasteiger partial charge >= 0.3 is 0 Å². The number of aliphatic hydroxyl groups is 1. The summed E-state index contributed by atoms with van der Waals surface area (Å²) in [5.74, 6) is 1.51. The van der Waals surface area contributed by atoms with E-state index in [1.807, 2.05) is 58.0 Å². The molecule has 3 aromatic heterocycles. The lowest BCUT2D eigenvalue weighted by Crippen LogP contribution is -2.63. The van der Waals surface area contributed by atoms with Crippen LogP contribution in [0.15, 0.2) is 77.7 Å². The number of fused-ring (bicyclic) bond motifs is 2. The van der Waals surface area contributed by atoms with Crippen molar-refractivity contribution >= 4 is 29.2 Å². The number of hydrogen-bond acceptors (Lipinski definition) is 16. The number of oxazole rings is 1. The standard InChI is InChI=1S/C62H85F2N11O9/c1-39(65-5)57(76)72-55(62(2,3)4)61(79)74-36-45-31-47(20-17-43(45)32-52(74)59(78)69-49-12-8-10-42-9-6-7-11-48(42)49)83-30-29-82-28-27-81-26-25-80-24-23-66-34-40-15-18-46(19-16-40)75-37-50(54(73-75)56(63)64)70-58(77)51-38-84-60(71-51)44-21-22-67-53(33-44)68-35-41-13-14-41/h6-7,9,11,17,20-22,31,33,37-41,46,49,52,55-57,65-66,72,76H,8,10,12-16,18-19,23-30,32,34-36H2,1-5H3,(H,67,68)(H,69,78)(H,70,77)/t39-,40-,46-,49+,52-,55+,57?/m0/s1. The van der Waals surface area contributed by atoms with Gasteiger partial charge < -0.3 is 60.0 Å². The summed E-state index contributed by atoms with van der Waals surface area (Å²) in [5, 5.41) is 34.2. The van der Waals surface area contributed by atoms with Crippen LogP contribution in [0, 0.1) is 17.3 Å². The number of anilines is 2. The number of aromatic nitrogens is 4. The first kappa shape index (κ1) is 62.1. The highest BCUT2D eigenvalue weighted by Gasteiger charge is 2.43. The van der Waals surface area contributed by atoms with Crippen LogP contribution in [-0.4, -0.2) is 145 Å². The van der Waals surface area contributed by atoms with Gasteiger partial charge in [0.25, 0.3) is 12.3 Å². The molecule has 456 valence electrons. The first-order valence-corrected chi connectivity index (χ1v) is 29.9. The van der Waals surface area contributed by atoms with Crippen molar-refractivity contribution in [1.82, 2.24) is 45.9 Å². The molecule has 5 atom stereocenters.